The molecule has 0 heterocycles. The fourth-order valence-corrected chi connectivity index (χ4v) is 4.99. The summed E-state index contributed by atoms with van der Waals surface area (Å²) in [4.78, 5) is 12.5. The molecule has 0 bridgehead atoms. The highest BCUT2D eigenvalue weighted by molar-refractivity contribution is 7.89. The van der Waals surface area contributed by atoms with Crippen LogP contribution in [-0.4, -0.2) is 48.9 Å². The second-order valence-electron chi connectivity index (χ2n) is 8.11. The van der Waals surface area contributed by atoms with Crippen molar-refractivity contribution in [2.24, 2.45) is 0 Å². The number of hydrogen-bond donors (Lipinski definition) is 1. The van der Waals surface area contributed by atoms with Gasteiger partial charge in [-0.3, -0.25) is 4.79 Å². The van der Waals surface area contributed by atoms with Crippen LogP contribution in [0.2, 0.25) is 0 Å². The highest BCUT2D eigenvalue weighted by Gasteiger charge is 2.29. The molecule has 0 saturated heterocycles. The number of benzene rings is 3. The summed E-state index contributed by atoms with van der Waals surface area (Å²) >= 11 is 0. The Hall–Kier alpha value is -3.82. The van der Waals surface area contributed by atoms with Gasteiger partial charge in [0.25, 0.3) is 0 Å². The fourth-order valence-electron chi connectivity index (χ4n) is 3.75. The second kappa shape index (κ2) is 12.9. The van der Waals surface area contributed by atoms with E-state index in [1.165, 1.54) is 26.4 Å². The van der Waals surface area contributed by atoms with E-state index < -0.39 is 28.0 Å². The first-order valence-electron chi connectivity index (χ1n) is 11.5. The molecule has 2 atom stereocenters. The number of nitrogens with one attached hydrogen (secondary N) is 1. The van der Waals surface area contributed by atoms with E-state index in [1.54, 1.807) is 50.6 Å². The zero-order chi connectivity index (χ0) is 26.8. The Labute approximate surface area is 217 Å². The van der Waals surface area contributed by atoms with E-state index in [9.17, 15) is 13.2 Å². The van der Waals surface area contributed by atoms with Gasteiger partial charge in [0.1, 0.15) is 17.2 Å². The Kier molecular flexibility index (Phi) is 9.71. The quantitative estimate of drug-likeness (QED) is 0.350. The van der Waals surface area contributed by atoms with Gasteiger partial charge in [-0.1, -0.05) is 36.4 Å². The Morgan fingerprint density at radius 1 is 0.784 bits per heavy atom. The summed E-state index contributed by atoms with van der Waals surface area (Å²) in [5.74, 6) is 0.852. The topological polar surface area (TPSA) is 100 Å². The van der Waals surface area contributed by atoms with Crippen molar-refractivity contribution in [2.45, 2.75) is 23.3 Å². The molecule has 0 spiro atoms. The number of rotatable bonds is 12. The van der Waals surface area contributed by atoms with Crippen molar-refractivity contribution in [2.75, 3.05) is 28.4 Å². The van der Waals surface area contributed by atoms with Crippen LogP contribution in [0.25, 0.3) is 6.08 Å². The standard InChI is InChI=1S/C28H31NO7S/c1-33-22-10-5-20(6-11-22)7-18-27(29-37(31,32)25-16-14-24(35-3)15-17-25)26(19-28(30)36-4)21-8-12-23(34-2)13-9-21/h5-18,26-27,29H,19H2,1-4H3/b18-7+/t26-,27+/m0/s1. The third-order valence-electron chi connectivity index (χ3n) is 5.86. The van der Waals surface area contributed by atoms with Gasteiger partial charge in [0.2, 0.25) is 10.0 Å². The van der Waals surface area contributed by atoms with Gasteiger partial charge in [-0.25, -0.2) is 13.1 Å². The zero-order valence-electron chi connectivity index (χ0n) is 21.2. The number of hydrogen-bond acceptors (Lipinski definition) is 7. The molecule has 1 N–H and O–H groups in total. The summed E-state index contributed by atoms with van der Waals surface area (Å²) in [5.41, 5.74) is 1.58. The number of carbonyl (C=O) groups is 1. The van der Waals surface area contributed by atoms with Gasteiger partial charge >= 0.3 is 5.97 Å². The molecule has 0 aliphatic heterocycles. The van der Waals surface area contributed by atoms with Crippen molar-refractivity contribution in [3.63, 3.8) is 0 Å². The minimum atomic E-state index is -3.96. The first-order valence-corrected chi connectivity index (χ1v) is 13.0. The molecule has 0 unspecified atom stereocenters. The van der Waals surface area contributed by atoms with Gasteiger partial charge < -0.3 is 18.9 Å². The van der Waals surface area contributed by atoms with E-state index >= 15 is 0 Å². The molecule has 3 aromatic rings. The molecule has 0 aliphatic rings. The van der Waals surface area contributed by atoms with Gasteiger partial charge in [0.15, 0.2) is 0 Å². The van der Waals surface area contributed by atoms with Crippen LogP contribution < -0.4 is 18.9 Å². The summed E-state index contributed by atoms with van der Waals surface area (Å²) in [6.07, 6.45) is 3.49. The Bertz CT molecular complexity index is 1290. The Morgan fingerprint density at radius 3 is 1.76 bits per heavy atom. The SMILES string of the molecule is COC(=O)C[C@@H](c1ccc(OC)cc1)[C@@H](/C=C/c1ccc(OC)cc1)NS(=O)(=O)c1ccc(OC)cc1. The zero-order valence-corrected chi connectivity index (χ0v) is 22.0. The second-order valence-corrected chi connectivity index (χ2v) is 9.83. The maximum absolute atomic E-state index is 13.4. The molecule has 196 valence electrons. The average Bonchev–Trinajstić information content (AvgIpc) is 2.94. The minimum absolute atomic E-state index is 0.0500. The van der Waals surface area contributed by atoms with E-state index in [2.05, 4.69) is 4.72 Å². The number of sulfonamides is 1. The van der Waals surface area contributed by atoms with Crippen LogP contribution in [0.3, 0.4) is 0 Å². The summed E-state index contributed by atoms with van der Waals surface area (Å²) in [6.45, 7) is 0. The van der Waals surface area contributed by atoms with Crippen molar-refractivity contribution < 1.29 is 32.2 Å². The number of esters is 1. The largest absolute Gasteiger partial charge is 0.497 e. The summed E-state index contributed by atoms with van der Waals surface area (Å²) < 4.78 is 50.1. The lowest BCUT2D eigenvalue weighted by Crippen LogP contribution is -2.38. The van der Waals surface area contributed by atoms with Crippen LogP contribution in [0.15, 0.2) is 83.8 Å². The Balaban J connectivity index is 2.03. The maximum atomic E-state index is 13.4. The van der Waals surface area contributed by atoms with E-state index in [4.69, 9.17) is 18.9 Å². The van der Waals surface area contributed by atoms with Crippen molar-refractivity contribution in [1.29, 1.82) is 0 Å². The molecule has 8 nitrogen and oxygen atoms in total. The van der Waals surface area contributed by atoms with Crippen LogP contribution in [0, 0.1) is 0 Å². The van der Waals surface area contributed by atoms with Gasteiger partial charge in [0.05, 0.1) is 39.8 Å². The molecular weight excluding hydrogens is 494 g/mol. The minimum Gasteiger partial charge on any atom is -0.497 e. The van der Waals surface area contributed by atoms with Crippen LogP contribution in [0.1, 0.15) is 23.5 Å². The van der Waals surface area contributed by atoms with Crippen molar-refractivity contribution >= 4 is 22.1 Å². The lowest BCUT2D eigenvalue weighted by atomic mass is 9.88. The predicted octanol–water partition coefficient (Wildman–Crippen LogP) is 4.42. The molecular formula is C28H31NO7S. The molecule has 0 aromatic heterocycles. The maximum Gasteiger partial charge on any atom is 0.306 e. The molecule has 3 aromatic carbocycles. The third-order valence-corrected chi connectivity index (χ3v) is 7.34. The lowest BCUT2D eigenvalue weighted by Gasteiger charge is -2.26. The predicted molar refractivity (Wildman–Crippen MR) is 141 cm³/mol. The Morgan fingerprint density at radius 2 is 1.27 bits per heavy atom. The van der Waals surface area contributed by atoms with Gasteiger partial charge in [0, 0.05) is 12.0 Å². The van der Waals surface area contributed by atoms with E-state index in [0.717, 1.165) is 11.1 Å². The molecule has 0 saturated carbocycles. The normalized spacial score (nSPS) is 13.1. The van der Waals surface area contributed by atoms with Crippen molar-refractivity contribution in [3.05, 3.63) is 90.0 Å². The molecule has 0 radical (unpaired) electrons. The monoisotopic (exact) mass is 525 g/mol. The van der Waals surface area contributed by atoms with Crippen molar-refractivity contribution in [1.82, 2.24) is 4.72 Å². The van der Waals surface area contributed by atoms with E-state index in [1.807, 2.05) is 36.4 Å². The molecule has 3 rings (SSSR count). The van der Waals surface area contributed by atoms with E-state index in [-0.39, 0.29) is 11.3 Å². The molecule has 0 aliphatic carbocycles. The van der Waals surface area contributed by atoms with Gasteiger partial charge in [-0.05, 0) is 59.7 Å². The number of methoxy groups -OCH3 is 4. The molecule has 9 heteroatoms. The van der Waals surface area contributed by atoms with Crippen LogP contribution in [0.5, 0.6) is 17.2 Å². The summed E-state index contributed by atoms with van der Waals surface area (Å²) in [5, 5.41) is 0. The smallest absolute Gasteiger partial charge is 0.306 e. The summed E-state index contributed by atoms with van der Waals surface area (Å²) in [6, 6.07) is 19.8. The number of carbonyl (C=O) groups excluding carboxylic acids is 1. The average molecular weight is 526 g/mol. The highest BCUT2D eigenvalue weighted by atomic mass is 32.2. The van der Waals surface area contributed by atoms with Crippen molar-refractivity contribution in [3.8, 4) is 17.2 Å². The van der Waals surface area contributed by atoms with Crippen LogP contribution in [-0.2, 0) is 19.6 Å². The molecule has 0 fully saturated rings. The first kappa shape index (κ1) is 27.8. The first-order chi connectivity index (χ1) is 17.8. The fraction of sp³-hybridized carbons (Fsp3) is 0.250. The lowest BCUT2D eigenvalue weighted by molar-refractivity contribution is -0.141. The van der Waals surface area contributed by atoms with Gasteiger partial charge in [-0.15, -0.1) is 0 Å². The highest BCUT2D eigenvalue weighted by Crippen LogP contribution is 2.29. The summed E-state index contributed by atoms with van der Waals surface area (Å²) in [7, 11) is 1.99. The van der Waals surface area contributed by atoms with Crippen LogP contribution >= 0.6 is 0 Å². The molecule has 37 heavy (non-hydrogen) atoms. The van der Waals surface area contributed by atoms with E-state index in [0.29, 0.717) is 17.2 Å². The third kappa shape index (κ3) is 7.58. The number of ether oxygens (including phenoxy) is 4. The van der Waals surface area contributed by atoms with Crippen LogP contribution in [0.4, 0.5) is 0 Å². The van der Waals surface area contributed by atoms with Gasteiger partial charge in [-0.2, -0.15) is 0 Å². The molecule has 0 amide bonds.